The Balaban J connectivity index is 2.31. The lowest BCUT2D eigenvalue weighted by atomic mass is 9.90. The summed E-state index contributed by atoms with van der Waals surface area (Å²) in [5.41, 5.74) is 8.15. The highest BCUT2D eigenvalue weighted by molar-refractivity contribution is 4.78. The molecule has 0 aromatic heterocycles. The molecule has 74 valence electrons. The Hall–Kier alpha value is -0.730. The molecule has 3 atom stereocenters. The Kier molecular flexibility index (Phi) is 4.06. The molecule has 0 saturated carbocycles. The maximum atomic E-state index is 8.15. The molecule has 4 heteroatoms. The molecule has 1 rings (SSSR count). The third-order valence-corrected chi connectivity index (χ3v) is 2.91. The van der Waals surface area contributed by atoms with Crippen LogP contribution in [0.25, 0.3) is 10.4 Å². The molecule has 0 aromatic rings. The van der Waals surface area contributed by atoms with Crippen molar-refractivity contribution < 1.29 is 4.74 Å². The van der Waals surface area contributed by atoms with Crippen LogP contribution >= 0.6 is 0 Å². The van der Waals surface area contributed by atoms with Crippen LogP contribution in [-0.2, 0) is 4.74 Å². The van der Waals surface area contributed by atoms with Crippen molar-refractivity contribution in [1.82, 2.24) is 0 Å². The quantitative estimate of drug-likeness (QED) is 0.375. The summed E-state index contributed by atoms with van der Waals surface area (Å²) in [6.07, 6.45) is 2.41. The number of nitrogens with zero attached hydrogens (tertiary/aromatic N) is 3. The van der Waals surface area contributed by atoms with Gasteiger partial charge >= 0.3 is 0 Å². The molecular weight excluding hydrogens is 166 g/mol. The molecule has 0 spiro atoms. The number of hydrogen-bond donors (Lipinski definition) is 0. The van der Waals surface area contributed by atoms with E-state index in [2.05, 4.69) is 23.9 Å². The Morgan fingerprint density at radius 3 is 3.08 bits per heavy atom. The van der Waals surface area contributed by atoms with Crippen LogP contribution in [0.3, 0.4) is 0 Å². The van der Waals surface area contributed by atoms with Crippen molar-refractivity contribution in [2.75, 3.05) is 13.2 Å². The van der Waals surface area contributed by atoms with Gasteiger partial charge in [-0.15, -0.1) is 0 Å². The summed E-state index contributed by atoms with van der Waals surface area (Å²) in [6, 6.07) is 0. The number of ether oxygens (including phenoxy) is 1. The van der Waals surface area contributed by atoms with E-state index in [9.17, 15) is 0 Å². The van der Waals surface area contributed by atoms with Crippen molar-refractivity contribution in [3.05, 3.63) is 10.4 Å². The lowest BCUT2D eigenvalue weighted by molar-refractivity contribution is 0.108. The zero-order valence-corrected chi connectivity index (χ0v) is 8.31. The minimum atomic E-state index is 0.162. The molecule has 0 unspecified atom stereocenters. The van der Waals surface area contributed by atoms with E-state index >= 15 is 0 Å². The Morgan fingerprint density at radius 1 is 1.69 bits per heavy atom. The molecule has 1 aliphatic heterocycles. The Bertz CT molecular complexity index is 201. The van der Waals surface area contributed by atoms with Gasteiger partial charge in [0.05, 0.1) is 19.3 Å². The molecule has 1 heterocycles. The van der Waals surface area contributed by atoms with Crippen LogP contribution in [0.5, 0.6) is 0 Å². The summed E-state index contributed by atoms with van der Waals surface area (Å²) in [5, 5.41) is 3.53. The smallest absolute Gasteiger partial charge is 0.0635 e. The summed E-state index contributed by atoms with van der Waals surface area (Å²) in [6.45, 7) is 5.78. The SMILES string of the molecule is CC[C@H](C)[C@@H]1CO[C@H](CN=[N+]=[N-])C1. The molecule has 0 N–H and O–H groups in total. The minimum absolute atomic E-state index is 0.162. The van der Waals surface area contributed by atoms with Crippen molar-refractivity contribution in [3.63, 3.8) is 0 Å². The van der Waals surface area contributed by atoms with Gasteiger partial charge in [-0.2, -0.15) is 0 Å². The van der Waals surface area contributed by atoms with Gasteiger partial charge in [-0.05, 0) is 23.8 Å². The number of hydrogen-bond acceptors (Lipinski definition) is 2. The molecule has 0 amide bonds. The van der Waals surface area contributed by atoms with Crippen LogP contribution in [0.2, 0.25) is 0 Å². The first kappa shape index (κ1) is 10.4. The summed E-state index contributed by atoms with van der Waals surface area (Å²) in [4.78, 5) is 2.73. The molecule has 0 bridgehead atoms. The Morgan fingerprint density at radius 2 is 2.46 bits per heavy atom. The maximum Gasteiger partial charge on any atom is 0.0635 e. The first-order chi connectivity index (χ1) is 6.27. The highest BCUT2D eigenvalue weighted by Crippen LogP contribution is 2.28. The topological polar surface area (TPSA) is 58.0 Å². The molecule has 0 aliphatic carbocycles. The fraction of sp³-hybridized carbons (Fsp3) is 1.00. The predicted octanol–water partition coefficient (Wildman–Crippen LogP) is 2.75. The standard InChI is InChI=1S/C9H17N3O/c1-3-7(2)8-4-9(13-6-8)5-11-12-10/h7-9H,3-6H2,1-2H3/t7-,8-,9-/m0/s1. The minimum Gasteiger partial charge on any atom is -0.378 e. The number of azide groups is 1. The van der Waals surface area contributed by atoms with Crippen LogP contribution in [0, 0.1) is 11.8 Å². The van der Waals surface area contributed by atoms with E-state index in [1.165, 1.54) is 6.42 Å². The molecule has 4 nitrogen and oxygen atoms in total. The lowest BCUT2D eigenvalue weighted by Gasteiger charge is -2.14. The normalized spacial score (nSPS) is 29.7. The van der Waals surface area contributed by atoms with E-state index in [0.29, 0.717) is 12.5 Å². The molecular formula is C9H17N3O. The van der Waals surface area contributed by atoms with E-state index in [1.807, 2.05) is 0 Å². The fourth-order valence-corrected chi connectivity index (χ4v) is 1.72. The van der Waals surface area contributed by atoms with Gasteiger partial charge in [0.15, 0.2) is 0 Å². The molecule has 1 aliphatic rings. The van der Waals surface area contributed by atoms with Gasteiger partial charge < -0.3 is 4.74 Å². The molecule has 1 saturated heterocycles. The summed E-state index contributed by atoms with van der Waals surface area (Å²) in [5.74, 6) is 1.37. The van der Waals surface area contributed by atoms with E-state index in [4.69, 9.17) is 10.3 Å². The van der Waals surface area contributed by atoms with Gasteiger partial charge in [0.2, 0.25) is 0 Å². The van der Waals surface area contributed by atoms with Crippen LogP contribution in [0.4, 0.5) is 0 Å². The van der Waals surface area contributed by atoms with Crippen molar-refractivity contribution in [2.24, 2.45) is 17.0 Å². The first-order valence-corrected chi connectivity index (χ1v) is 4.90. The lowest BCUT2D eigenvalue weighted by Crippen LogP contribution is -2.12. The summed E-state index contributed by atoms with van der Waals surface area (Å²) >= 11 is 0. The van der Waals surface area contributed by atoms with Crippen molar-refractivity contribution in [3.8, 4) is 0 Å². The monoisotopic (exact) mass is 183 g/mol. The highest BCUT2D eigenvalue weighted by Gasteiger charge is 2.27. The van der Waals surface area contributed by atoms with Gasteiger partial charge in [-0.25, -0.2) is 0 Å². The maximum absolute atomic E-state index is 8.15. The zero-order valence-electron chi connectivity index (χ0n) is 8.31. The molecule has 0 radical (unpaired) electrons. The largest absolute Gasteiger partial charge is 0.378 e. The van der Waals surface area contributed by atoms with E-state index in [-0.39, 0.29) is 6.10 Å². The predicted molar refractivity (Wildman–Crippen MR) is 51.3 cm³/mol. The third-order valence-electron chi connectivity index (χ3n) is 2.91. The van der Waals surface area contributed by atoms with Crippen LogP contribution in [0.15, 0.2) is 5.11 Å². The van der Waals surface area contributed by atoms with Gasteiger partial charge in [0, 0.05) is 4.91 Å². The third kappa shape index (κ3) is 2.90. The Labute approximate surface area is 78.9 Å². The van der Waals surface area contributed by atoms with Crippen LogP contribution in [-0.4, -0.2) is 19.3 Å². The van der Waals surface area contributed by atoms with Gasteiger partial charge in [-0.3, -0.25) is 0 Å². The van der Waals surface area contributed by atoms with Crippen molar-refractivity contribution in [1.29, 1.82) is 0 Å². The van der Waals surface area contributed by atoms with Crippen LogP contribution < -0.4 is 0 Å². The van der Waals surface area contributed by atoms with E-state index in [1.54, 1.807) is 0 Å². The van der Waals surface area contributed by atoms with E-state index < -0.39 is 0 Å². The van der Waals surface area contributed by atoms with Gasteiger partial charge in [0.1, 0.15) is 0 Å². The van der Waals surface area contributed by atoms with Crippen molar-refractivity contribution >= 4 is 0 Å². The first-order valence-electron chi connectivity index (χ1n) is 4.90. The second-order valence-electron chi connectivity index (χ2n) is 3.75. The van der Waals surface area contributed by atoms with Crippen molar-refractivity contribution in [2.45, 2.75) is 32.8 Å². The average molecular weight is 183 g/mol. The molecule has 13 heavy (non-hydrogen) atoms. The van der Waals surface area contributed by atoms with Gasteiger partial charge in [-0.1, -0.05) is 25.4 Å². The zero-order chi connectivity index (χ0) is 9.68. The second-order valence-corrected chi connectivity index (χ2v) is 3.75. The van der Waals surface area contributed by atoms with Crippen LogP contribution in [0.1, 0.15) is 26.7 Å². The summed E-state index contributed by atoms with van der Waals surface area (Å²) < 4.78 is 5.53. The molecule has 1 fully saturated rings. The average Bonchev–Trinajstić information content (AvgIpc) is 2.62. The molecule has 0 aromatic carbocycles. The number of rotatable bonds is 4. The highest BCUT2D eigenvalue weighted by atomic mass is 16.5. The second kappa shape index (κ2) is 5.10. The fourth-order valence-electron chi connectivity index (χ4n) is 1.72. The summed E-state index contributed by atoms with van der Waals surface area (Å²) in [7, 11) is 0. The van der Waals surface area contributed by atoms with Gasteiger partial charge in [0.25, 0.3) is 0 Å². The van der Waals surface area contributed by atoms with E-state index in [0.717, 1.165) is 18.9 Å².